The third-order valence-electron chi connectivity index (χ3n) is 3.18. The molecule has 0 saturated carbocycles. The summed E-state index contributed by atoms with van der Waals surface area (Å²) < 4.78 is 5.01. The Bertz CT molecular complexity index is 633. The molecule has 0 spiro atoms. The fraction of sp³-hybridized carbons (Fsp3) is 0.250. The first-order valence-corrected chi connectivity index (χ1v) is 6.98. The van der Waals surface area contributed by atoms with Gasteiger partial charge < -0.3 is 20.8 Å². The van der Waals surface area contributed by atoms with Crippen LogP contribution in [0.1, 0.15) is 24.4 Å². The van der Waals surface area contributed by atoms with E-state index in [2.05, 4.69) is 10.6 Å². The lowest BCUT2D eigenvalue weighted by molar-refractivity contribution is -0.118. The van der Waals surface area contributed by atoms with Gasteiger partial charge in [-0.3, -0.25) is 9.59 Å². The topological polar surface area (TPSA) is 97.4 Å². The Kier molecular flexibility index (Phi) is 4.95. The highest BCUT2D eigenvalue weighted by molar-refractivity contribution is 6.02. The highest BCUT2D eigenvalue weighted by Crippen LogP contribution is 2.15. The summed E-state index contributed by atoms with van der Waals surface area (Å²) in [5.74, 6) is -0.266. The molecule has 6 heteroatoms. The second-order valence-corrected chi connectivity index (χ2v) is 5.27. The van der Waals surface area contributed by atoms with Gasteiger partial charge >= 0.3 is 0 Å². The fourth-order valence-electron chi connectivity index (χ4n) is 1.77. The predicted molar refractivity (Wildman–Crippen MR) is 84.5 cm³/mol. The van der Waals surface area contributed by atoms with Crippen LogP contribution in [0, 0.1) is 5.92 Å². The van der Waals surface area contributed by atoms with Crippen LogP contribution in [-0.4, -0.2) is 17.9 Å². The van der Waals surface area contributed by atoms with Gasteiger partial charge in [-0.2, -0.15) is 0 Å². The van der Waals surface area contributed by atoms with E-state index in [0.717, 1.165) is 0 Å². The minimum Gasteiger partial charge on any atom is -0.459 e. The summed E-state index contributed by atoms with van der Waals surface area (Å²) in [5.41, 5.74) is 7.00. The van der Waals surface area contributed by atoms with Gasteiger partial charge in [0, 0.05) is 11.4 Å². The Morgan fingerprint density at radius 1 is 1.05 bits per heavy atom. The molecule has 6 nitrogen and oxygen atoms in total. The van der Waals surface area contributed by atoms with Gasteiger partial charge in [0.05, 0.1) is 12.3 Å². The smallest absolute Gasteiger partial charge is 0.291 e. The molecule has 0 radical (unpaired) electrons. The summed E-state index contributed by atoms with van der Waals surface area (Å²) in [7, 11) is 0. The molecule has 0 saturated heterocycles. The molecule has 0 aliphatic rings. The maximum Gasteiger partial charge on any atom is 0.291 e. The predicted octanol–water partition coefficient (Wildman–Crippen LogP) is 2.45. The second-order valence-electron chi connectivity index (χ2n) is 5.27. The normalized spacial score (nSPS) is 12.0. The standard InChI is InChI=1S/C16H19N3O3/c1-10(2)14(17)16(21)19-12-7-5-11(6-8-12)18-15(20)13-4-3-9-22-13/h3-10,14H,17H2,1-2H3,(H,18,20)(H,19,21). The van der Waals surface area contributed by atoms with Crippen molar-refractivity contribution < 1.29 is 14.0 Å². The maximum absolute atomic E-state index is 11.9. The quantitative estimate of drug-likeness (QED) is 0.790. The number of amides is 2. The molecule has 0 bridgehead atoms. The van der Waals surface area contributed by atoms with Crippen molar-refractivity contribution in [1.29, 1.82) is 0 Å². The molecule has 1 heterocycles. The van der Waals surface area contributed by atoms with Gasteiger partial charge in [0.15, 0.2) is 5.76 Å². The number of benzene rings is 1. The van der Waals surface area contributed by atoms with Gasteiger partial charge in [-0.15, -0.1) is 0 Å². The van der Waals surface area contributed by atoms with Crippen LogP contribution in [0.3, 0.4) is 0 Å². The lowest BCUT2D eigenvalue weighted by atomic mass is 10.0. The van der Waals surface area contributed by atoms with Crippen molar-refractivity contribution >= 4 is 23.2 Å². The maximum atomic E-state index is 11.9. The van der Waals surface area contributed by atoms with E-state index in [1.807, 2.05) is 13.8 Å². The van der Waals surface area contributed by atoms with Crippen LogP contribution in [-0.2, 0) is 4.79 Å². The Labute approximate surface area is 128 Å². The first-order chi connectivity index (χ1) is 10.5. The molecular weight excluding hydrogens is 282 g/mol. The van der Waals surface area contributed by atoms with Crippen LogP contribution >= 0.6 is 0 Å². The highest BCUT2D eigenvalue weighted by atomic mass is 16.3. The average molecular weight is 301 g/mol. The van der Waals surface area contributed by atoms with Crippen molar-refractivity contribution in [3.05, 3.63) is 48.4 Å². The molecule has 1 aromatic heterocycles. The van der Waals surface area contributed by atoms with Gasteiger partial charge in [0.25, 0.3) is 5.91 Å². The molecule has 1 unspecified atom stereocenters. The molecule has 1 atom stereocenters. The van der Waals surface area contributed by atoms with Gasteiger partial charge in [-0.25, -0.2) is 0 Å². The molecule has 0 fully saturated rings. The van der Waals surface area contributed by atoms with Gasteiger partial charge in [0.2, 0.25) is 5.91 Å². The first-order valence-electron chi connectivity index (χ1n) is 6.98. The van der Waals surface area contributed by atoms with E-state index >= 15 is 0 Å². The molecular formula is C16H19N3O3. The van der Waals surface area contributed by atoms with E-state index in [-0.39, 0.29) is 23.5 Å². The SMILES string of the molecule is CC(C)C(N)C(=O)Nc1ccc(NC(=O)c2ccco2)cc1. The number of carbonyl (C=O) groups excluding carboxylic acids is 2. The minimum absolute atomic E-state index is 0.0619. The molecule has 116 valence electrons. The Morgan fingerprint density at radius 2 is 1.64 bits per heavy atom. The Balaban J connectivity index is 1.96. The third-order valence-corrected chi connectivity index (χ3v) is 3.18. The number of rotatable bonds is 5. The summed E-state index contributed by atoms with van der Waals surface area (Å²) in [4.78, 5) is 23.7. The zero-order valence-electron chi connectivity index (χ0n) is 12.5. The lowest BCUT2D eigenvalue weighted by Gasteiger charge is -2.15. The molecule has 2 amide bonds. The molecule has 0 aliphatic heterocycles. The molecule has 0 aliphatic carbocycles. The van der Waals surface area contributed by atoms with Gasteiger partial charge in [0.1, 0.15) is 0 Å². The van der Waals surface area contributed by atoms with E-state index in [4.69, 9.17) is 10.2 Å². The Morgan fingerprint density at radius 3 is 2.14 bits per heavy atom. The molecule has 2 rings (SSSR count). The van der Waals surface area contributed by atoms with Crippen molar-refractivity contribution in [3.8, 4) is 0 Å². The van der Waals surface area contributed by atoms with Crippen molar-refractivity contribution in [3.63, 3.8) is 0 Å². The summed E-state index contributed by atoms with van der Waals surface area (Å²) in [6, 6.07) is 9.45. The third kappa shape index (κ3) is 3.95. The summed E-state index contributed by atoms with van der Waals surface area (Å²) in [5, 5.41) is 5.43. The van der Waals surface area contributed by atoms with Crippen LogP contribution in [0.4, 0.5) is 11.4 Å². The molecule has 2 aromatic rings. The van der Waals surface area contributed by atoms with Crippen molar-refractivity contribution in [2.45, 2.75) is 19.9 Å². The monoisotopic (exact) mass is 301 g/mol. The number of hydrogen-bond acceptors (Lipinski definition) is 4. The van der Waals surface area contributed by atoms with E-state index < -0.39 is 6.04 Å². The first kappa shape index (κ1) is 15.8. The zero-order chi connectivity index (χ0) is 16.1. The Hall–Kier alpha value is -2.60. The molecule has 4 N–H and O–H groups in total. The van der Waals surface area contributed by atoms with Gasteiger partial charge in [-0.05, 0) is 42.3 Å². The van der Waals surface area contributed by atoms with E-state index in [0.29, 0.717) is 11.4 Å². The number of hydrogen-bond donors (Lipinski definition) is 3. The van der Waals surface area contributed by atoms with E-state index in [1.165, 1.54) is 6.26 Å². The summed E-state index contributed by atoms with van der Waals surface area (Å²) in [6.07, 6.45) is 1.44. The zero-order valence-corrected chi connectivity index (χ0v) is 12.5. The largest absolute Gasteiger partial charge is 0.459 e. The summed E-state index contributed by atoms with van der Waals surface area (Å²) in [6.45, 7) is 3.77. The second kappa shape index (κ2) is 6.91. The number of anilines is 2. The van der Waals surface area contributed by atoms with Crippen LogP contribution < -0.4 is 16.4 Å². The van der Waals surface area contributed by atoms with Crippen molar-refractivity contribution in [1.82, 2.24) is 0 Å². The lowest BCUT2D eigenvalue weighted by Crippen LogP contribution is -2.39. The highest BCUT2D eigenvalue weighted by Gasteiger charge is 2.17. The van der Waals surface area contributed by atoms with Crippen LogP contribution in [0.25, 0.3) is 0 Å². The molecule has 22 heavy (non-hydrogen) atoms. The average Bonchev–Trinajstić information content (AvgIpc) is 3.02. The van der Waals surface area contributed by atoms with Gasteiger partial charge in [-0.1, -0.05) is 13.8 Å². The summed E-state index contributed by atoms with van der Waals surface area (Å²) >= 11 is 0. The van der Waals surface area contributed by atoms with Crippen LogP contribution in [0.5, 0.6) is 0 Å². The fourth-order valence-corrected chi connectivity index (χ4v) is 1.77. The molecule has 1 aromatic carbocycles. The van der Waals surface area contributed by atoms with E-state index in [1.54, 1.807) is 36.4 Å². The van der Waals surface area contributed by atoms with Crippen molar-refractivity contribution in [2.75, 3.05) is 10.6 Å². The number of nitrogens with one attached hydrogen (secondary N) is 2. The number of carbonyl (C=O) groups is 2. The van der Waals surface area contributed by atoms with Crippen LogP contribution in [0.15, 0.2) is 47.1 Å². The number of furan rings is 1. The number of nitrogens with two attached hydrogens (primary N) is 1. The van der Waals surface area contributed by atoms with E-state index in [9.17, 15) is 9.59 Å². The van der Waals surface area contributed by atoms with Crippen LogP contribution in [0.2, 0.25) is 0 Å². The minimum atomic E-state index is -0.557. The van der Waals surface area contributed by atoms with Crippen molar-refractivity contribution in [2.24, 2.45) is 11.7 Å².